The van der Waals surface area contributed by atoms with Crippen molar-refractivity contribution in [3.63, 3.8) is 0 Å². The smallest absolute Gasteiger partial charge is 0.253 e. The van der Waals surface area contributed by atoms with Gasteiger partial charge in [-0.1, -0.05) is 28.4 Å². The second kappa shape index (κ2) is 5.81. The molecule has 1 atom stereocenters. The summed E-state index contributed by atoms with van der Waals surface area (Å²) in [5.74, 6) is 0.348. The van der Waals surface area contributed by atoms with E-state index >= 15 is 0 Å². The quantitative estimate of drug-likeness (QED) is 0.881. The first kappa shape index (κ1) is 14.8. The van der Waals surface area contributed by atoms with Gasteiger partial charge in [0.2, 0.25) is 0 Å². The highest BCUT2D eigenvalue weighted by Gasteiger charge is 2.20. The van der Waals surface area contributed by atoms with E-state index in [4.69, 9.17) is 27.7 Å². The van der Waals surface area contributed by atoms with Gasteiger partial charge in [-0.2, -0.15) is 0 Å². The number of nitrogens with zero attached hydrogens (tertiary/aromatic N) is 2. The Morgan fingerprint density at radius 3 is 2.70 bits per heavy atom. The Kier molecular flexibility index (Phi) is 4.30. The summed E-state index contributed by atoms with van der Waals surface area (Å²) in [5.41, 5.74) is 1.88. The Labute approximate surface area is 126 Å². The third kappa shape index (κ3) is 2.94. The topological polar surface area (TPSA) is 68.0 Å². The molecule has 0 aliphatic heterocycles. The molecule has 2 aromatic rings. The number of hydrogen-bond acceptors (Lipinski definition) is 4. The van der Waals surface area contributed by atoms with Gasteiger partial charge in [-0.15, -0.1) is 0 Å². The standard InChI is InChI=1S/C13H13Cl2N3O2/c1-6(12-7(2)18-20-8(12)3)17-13(19)9-4-11(15)16-5-10(9)14/h4-6H,1-3H3,(H,17,19). The van der Waals surface area contributed by atoms with E-state index in [1.807, 2.05) is 13.8 Å². The molecule has 2 heterocycles. The van der Waals surface area contributed by atoms with Gasteiger partial charge in [0.1, 0.15) is 10.9 Å². The van der Waals surface area contributed by atoms with Crippen LogP contribution in [0.5, 0.6) is 0 Å². The molecule has 0 aliphatic rings. The lowest BCUT2D eigenvalue weighted by molar-refractivity contribution is 0.0939. The number of nitrogens with one attached hydrogen (secondary N) is 1. The zero-order valence-electron chi connectivity index (χ0n) is 11.2. The summed E-state index contributed by atoms with van der Waals surface area (Å²) < 4.78 is 5.09. The first-order chi connectivity index (χ1) is 9.40. The van der Waals surface area contributed by atoms with E-state index in [-0.39, 0.29) is 27.7 Å². The fourth-order valence-electron chi connectivity index (χ4n) is 2.04. The highest BCUT2D eigenvalue weighted by atomic mass is 35.5. The van der Waals surface area contributed by atoms with Crippen LogP contribution in [0.3, 0.4) is 0 Å². The van der Waals surface area contributed by atoms with E-state index in [0.29, 0.717) is 5.76 Å². The van der Waals surface area contributed by atoms with E-state index in [0.717, 1.165) is 11.3 Å². The summed E-state index contributed by atoms with van der Waals surface area (Å²) in [6, 6.07) is 1.18. The minimum atomic E-state index is -0.327. The minimum absolute atomic E-state index is 0.213. The van der Waals surface area contributed by atoms with Crippen LogP contribution in [0.2, 0.25) is 10.2 Å². The molecular formula is C13H13Cl2N3O2. The summed E-state index contributed by atoms with van der Waals surface area (Å²) in [7, 11) is 0. The molecule has 0 bridgehead atoms. The highest BCUT2D eigenvalue weighted by molar-refractivity contribution is 6.35. The predicted molar refractivity (Wildman–Crippen MR) is 76.1 cm³/mol. The van der Waals surface area contributed by atoms with Gasteiger partial charge in [0, 0.05) is 11.8 Å². The Hall–Kier alpha value is -1.59. The Morgan fingerprint density at radius 2 is 2.10 bits per heavy atom. The number of carbonyl (C=O) groups excluding carboxylic acids is 1. The van der Waals surface area contributed by atoms with Crippen molar-refractivity contribution in [3.05, 3.63) is 45.0 Å². The van der Waals surface area contributed by atoms with Gasteiger partial charge in [-0.05, 0) is 26.8 Å². The molecule has 7 heteroatoms. The van der Waals surface area contributed by atoms with Crippen molar-refractivity contribution in [2.24, 2.45) is 0 Å². The van der Waals surface area contributed by atoms with Crippen molar-refractivity contribution in [2.75, 3.05) is 0 Å². The van der Waals surface area contributed by atoms with E-state index in [9.17, 15) is 4.79 Å². The largest absolute Gasteiger partial charge is 0.361 e. The molecular weight excluding hydrogens is 301 g/mol. The van der Waals surface area contributed by atoms with Crippen molar-refractivity contribution in [1.82, 2.24) is 15.5 Å². The molecule has 0 fully saturated rings. The number of aryl methyl sites for hydroxylation is 2. The molecule has 20 heavy (non-hydrogen) atoms. The van der Waals surface area contributed by atoms with Crippen LogP contribution in [0.1, 0.15) is 40.3 Å². The van der Waals surface area contributed by atoms with Crippen LogP contribution in [-0.2, 0) is 0 Å². The number of carbonyl (C=O) groups is 1. The van der Waals surface area contributed by atoms with Gasteiger partial charge in [-0.3, -0.25) is 4.79 Å². The molecule has 1 unspecified atom stereocenters. The van der Waals surface area contributed by atoms with Crippen molar-refractivity contribution in [2.45, 2.75) is 26.8 Å². The minimum Gasteiger partial charge on any atom is -0.361 e. The van der Waals surface area contributed by atoms with Crippen molar-refractivity contribution in [1.29, 1.82) is 0 Å². The Morgan fingerprint density at radius 1 is 1.40 bits per heavy atom. The van der Waals surface area contributed by atoms with Crippen LogP contribution >= 0.6 is 23.2 Å². The molecule has 0 aromatic carbocycles. The molecule has 0 saturated carbocycles. The lowest BCUT2D eigenvalue weighted by Crippen LogP contribution is -2.27. The van der Waals surface area contributed by atoms with Crippen molar-refractivity contribution in [3.8, 4) is 0 Å². The van der Waals surface area contributed by atoms with E-state index in [1.165, 1.54) is 12.3 Å². The van der Waals surface area contributed by atoms with Gasteiger partial charge in [-0.25, -0.2) is 4.98 Å². The van der Waals surface area contributed by atoms with Crippen molar-refractivity contribution >= 4 is 29.1 Å². The number of aromatic nitrogens is 2. The van der Waals surface area contributed by atoms with Gasteiger partial charge >= 0.3 is 0 Å². The third-order valence-corrected chi connectivity index (χ3v) is 3.44. The van der Waals surface area contributed by atoms with Crippen LogP contribution in [0.4, 0.5) is 0 Å². The number of rotatable bonds is 3. The first-order valence-corrected chi connectivity index (χ1v) is 6.70. The SMILES string of the molecule is Cc1noc(C)c1C(C)NC(=O)c1cc(Cl)ncc1Cl. The Balaban J connectivity index is 2.22. The zero-order valence-corrected chi connectivity index (χ0v) is 12.7. The molecule has 1 N–H and O–H groups in total. The molecule has 0 radical (unpaired) electrons. The predicted octanol–water partition coefficient (Wildman–Crippen LogP) is 3.48. The molecule has 1 amide bonds. The molecule has 2 aromatic heterocycles. The zero-order chi connectivity index (χ0) is 14.9. The third-order valence-electron chi connectivity index (χ3n) is 2.94. The van der Waals surface area contributed by atoms with Gasteiger partial charge in [0.25, 0.3) is 5.91 Å². The van der Waals surface area contributed by atoms with Crippen LogP contribution in [0, 0.1) is 13.8 Å². The van der Waals surface area contributed by atoms with Crippen LogP contribution < -0.4 is 5.32 Å². The van der Waals surface area contributed by atoms with Crippen LogP contribution in [0.15, 0.2) is 16.8 Å². The van der Waals surface area contributed by atoms with Gasteiger partial charge < -0.3 is 9.84 Å². The lowest BCUT2D eigenvalue weighted by Gasteiger charge is -2.14. The number of halogens is 2. The summed E-state index contributed by atoms with van der Waals surface area (Å²) in [4.78, 5) is 16.0. The van der Waals surface area contributed by atoms with E-state index in [1.54, 1.807) is 6.92 Å². The summed E-state index contributed by atoms with van der Waals surface area (Å²) in [6.45, 7) is 5.47. The second-order valence-corrected chi connectivity index (χ2v) is 5.21. The number of hydrogen-bond donors (Lipinski definition) is 1. The van der Waals surface area contributed by atoms with Gasteiger partial charge in [0.05, 0.1) is 22.3 Å². The monoisotopic (exact) mass is 313 g/mol. The van der Waals surface area contributed by atoms with Crippen LogP contribution in [-0.4, -0.2) is 16.0 Å². The molecule has 2 rings (SSSR count). The van der Waals surface area contributed by atoms with Crippen molar-refractivity contribution < 1.29 is 9.32 Å². The normalized spacial score (nSPS) is 12.2. The van der Waals surface area contributed by atoms with Crippen LogP contribution in [0.25, 0.3) is 0 Å². The number of pyridine rings is 1. The molecule has 0 saturated heterocycles. The maximum absolute atomic E-state index is 12.2. The number of amides is 1. The summed E-state index contributed by atoms with van der Waals surface area (Å²) in [6.07, 6.45) is 1.35. The maximum Gasteiger partial charge on any atom is 0.253 e. The molecule has 0 spiro atoms. The molecule has 106 valence electrons. The molecule has 0 aliphatic carbocycles. The van der Waals surface area contributed by atoms with Gasteiger partial charge in [0.15, 0.2) is 0 Å². The average molecular weight is 314 g/mol. The maximum atomic E-state index is 12.2. The lowest BCUT2D eigenvalue weighted by atomic mass is 10.1. The first-order valence-electron chi connectivity index (χ1n) is 5.94. The molecule has 5 nitrogen and oxygen atoms in total. The fraction of sp³-hybridized carbons (Fsp3) is 0.308. The van der Waals surface area contributed by atoms with E-state index in [2.05, 4.69) is 15.5 Å². The summed E-state index contributed by atoms with van der Waals surface area (Å²) in [5, 5.41) is 7.16. The second-order valence-electron chi connectivity index (χ2n) is 4.42. The highest BCUT2D eigenvalue weighted by Crippen LogP contribution is 2.23. The Bertz CT molecular complexity index is 636. The fourth-order valence-corrected chi connectivity index (χ4v) is 2.39. The summed E-state index contributed by atoms with van der Waals surface area (Å²) >= 11 is 11.7. The van der Waals surface area contributed by atoms with E-state index < -0.39 is 0 Å². The average Bonchev–Trinajstić information content (AvgIpc) is 2.71.